The van der Waals surface area contributed by atoms with Crippen LogP contribution < -0.4 is 51.6 Å². The standard InChI is InChI=1S/C23H18ClF4N3O6.C22H16ClF4N3O5.C20H14ClF4N3O5/c1-3-35-22(34)36-11-31-20(32)7-14(10-29-31)30-21(33)15-8-17(24)16(23(26,27)28)9-19(15)37-18-5-4-13(25)6-12(18)2;1-11-5-13(24)3-4-18(11)35-19-8-16(22(25,26)27)17(23)7-15(19)21(33)29-14-6-20(32)30(28-9-14)10-34-12(2)31;1-32-17-4-10(22)2-3-15(17)33-16-7-13(20(23,24)25)14(21)6-12(16)19(31)27-11-5-18(30)28(9-29)26-8-11/h4-10H,3,11H2,1-2H3,(H,30,33);3-9H,10H2,1-2H3,(H,29,33);2-8,29H,9H2,1H3,(H,27,31). The molecule has 3 aromatic heterocycles. The highest BCUT2D eigenvalue weighted by molar-refractivity contribution is 6.33. The van der Waals surface area contributed by atoms with Gasteiger partial charge in [0.05, 0.1) is 97.8 Å². The second-order valence-corrected chi connectivity index (χ2v) is 22.1. The maximum atomic E-state index is 13.5. The van der Waals surface area contributed by atoms with E-state index in [0.29, 0.717) is 22.9 Å². The fraction of sp³-hybridized carbons (Fsp3) is 0.185. The van der Waals surface area contributed by atoms with E-state index in [1.54, 1.807) is 6.92 Å². The Balaban J connectivity index is 0.000000220. The number of amides is 3. The first-order chi connectivity index (χ1) is 49.3. The highest BCUT2D eigenvalue weighted by atomic mass is 35.5. The van der Waals surface area contributed by atoms with Crippen molar-refractivity contribution in [3.63, 3.8) is 0 Å². The number of aliphatic hydroxyl groups is 1. The summed E-state index contributed by atoms with van der Waals surface area (Å²) in [6.07, 6.45) is -12.4. The van der Waals surface area contributed by atoms with E-state index in [1.165, 1.54) is 33.1 Å². The van der Waals surface area contributed by atoms with Crippen molar-refractivity contribution < 1.29 is 115 Å². The van der Waals surface area contributed by atoms with Crippen molar-refractivity contribution in [3.8, 4) is 40.2 Å². The fourth-order valence-electron chi connectivity index (χ4n) is 8.46. The van der Waals surface area contributed by atoms with E-state index in [4.69, 9.17) is 58.9 Å². The second-order valence-electron chi connectivity index (χ2n) is 20.9. The zero-order chi connectivity index (χ0) is 77.6. The fourth-order valence-corrected chi connectivity index (χ4v) is 9.27. The Kier molecular flexibility index (Phi) is 26.5. The molecule has 0 fully saturated rings. The van der Waals surface area contributed by atoms with Gasteiger partial charge in [0.15, 0.2) is 25.0 Å². The Morgan fingerprint density at radius 1 is 0.457 bits per heavy atom. The number of anilines is 3. The van der Waals surface area contributed by atoms with Crippen molar-refractivity contribution in [1.82, 2.24) is 29.3 Å². The molecule has 0 atom stereocenters. The predicted molar refractivity (Wildman–Crippen MR) is 346 cm³/mol. The van der Waals surface area contributed by atoms with Crippen molar-refractivity contribution in [2.75, 3.05) is 29.7 Å². The van der Waals surface area contributed by atoms with Gasteiger partial charge in [-0.1, -0.05) is 34.8 Å². The minimum Gasteiger partial charge on any atom is -0.493 e. The molecule has 0 aliphatic carbocycles. The highest BCUT2D eigenvalue weighted by Crippen LogP contribution is 2.44. The molecule has 0 radical (unpaired) electrons. The molecule has 3 heterocycles. The molecule has 9 rings (SSSR count). The number of esters is 1. The summed E-state index contributed by atoms with van der Waals surface area (Å²) < 4.78 is 199. The third-order valence-electron chi connectivity index (χ3n) is 13.4. The van der Waals surface area contributed by atoms with Gasteiger partial charge in [-0.3, -0.25) is 33.6 Å². The summed E-state index contributed by atoms with van der Waals surface area (Å²) in [5.41, 5.74) is -7.05. The lowest BCUT2D eigenvalue weighted by Crippen LogP contribution is -2.26. The van der Waals surface area contributed by atoms with Crippen LogP contribution >= 0.6 is 34.8 Å². The number of benzene rings is 6. The summed E-state index contributed by atoms with van der Waals surface area (Å²) >= 11 is 17.3. The minimum atomic E-state index is -4.87. The first-order valence-electron chi connectivity index (χ1n) is 29.1. The summed E-state index contributed by atoms with van der Waals surface area (Å²) in [6.45, 7) is 3.99. The van der Waals surface area contributed by atoms with E-state index >= 15 is 0 Å². The van der Waals surface area contributed by atoms with E-state index in [9.17, 15) is 91.0 Å². The van der Waals surface area contributed by atoms with Crippen LogP contribution in [0.15, 0.2) is 142 Å². The first-order valence-corrected chi connectivity index (χ1v) is 30.2. The molecule has 25 nitrogen and oxygen atoms in total. The second kappa shape index (κ2) is 34.5. The topological polar surface area (TPSA) is 311 Å². The molecule has 9 aromatic rings. The summed E-state index contributed by atoms with van der Waals surface area (Å²) in [6, 6.07) is 16.4. The number of carbonyl (C=O) groups is 5. The molecule has 0 saturated heterocycles. The smallest absolute Gasteiger partial charge is 0.493 e. The third kappa shape index (κ3) is 21.9. The quantitative estimate of drug-likeness (QED) is 0.0432. The summed E-state index contributed by atoms with van der Waals surface area (Å²) in [7, 11) is 1.19. The number of hydrogen-bond acceptors (Lipinski definition) is 19. The van der Waals surface area contributed by atoms with E-state index in [0.717, 1.165) is 114 Å². The van der Waals surface area contributed by atoms with Crippen molar-refractivity contribution in [2.45, 2.75) is 66.4 Å². The van der Waals surface area contributed by atoms with Gasteiger partial charge in [0.25, 0.3) is 34.4 Å². The summed E-state index contributed by atoms with van der Waals surface area (Å²) in [5.74, 6) is -7.33. The Labute approximate surface area is 595 Å². The van der Waals surface area contributed by atoms with Gasteiger partial charge in [0.2, 0.25) is 0 Å². The van der Waals surface area contributed by atoms with Gasteiger partial charge >= 0.3 is 30.7 Å². The van der Waals surface area contributed by atoms with E-state index in [2.05, 4.69) is 45.5 Å². The van der Waals surface area contributed by atoms with Gasteiger partial charge in [-0.05, 0) is 117 Å². The first kappa shape index (κ1) is 80.6. The highest BCUT2D eigenvalue weighted by Gasteiger charge is 2.38. The zero-order valence-corrected chi connectivity index (χ0v) is 56.1. The van der Waals surface area contributed by atoms with Gasteiger partial charge in [-0.15, -0.1) is 0 Å². The Morgan fingerprint density at radius 3 is 1.10 bits per heavy atom. The third-order valence-corrected chi connectivity index (χ3v) is 14.3. The van der Waals surface area contributed by atoms with Crippen LogP contribution in [0.2, 0.25) is 15.1 Å². The number of hydrogen-bond donors (Lipinski definition) is 4. The van der Waals surface area contributed by atoms with Crippen molar-refractivity contribution in [2.24, 2.45) is 0 Å². The maximum Gasteiger partial charge on any atom is 0.510 e. The number of ether oxygens (including phenoxy) is 7. The number of nitrogens with one attached hydrogen (secondary N) is 3. The minimum absolute atomic E-state index is 0.00300. The largest absolute Gasteiger partial charge is 0.510 e. The normalized spacial score (nSPS) is 11.2. The van der Waals surface area contributed by atoms with Crippen LogP contribution in [0.5, 0.6) is 40.2 Å². The molecule has 0 saturated carbocycles. The number of carbonyl (C=O) groups excluding carboxylic acids is 5. The molecule has 0 spiro atoms. The van der Waals surface area contributed by atoms with E-state index in [1.807, 2.05) is 0 Å². The lowest BCUT2D eigenvalue weighted by molar-refractivity contribution is -0.145. The molecule has 0 bridgehead atoms. The number of aliphatic hydroxyl groups excluding tert-OH is 1. The average Bonchev–Trinajstić information content (AvgIpc) is 0.796. The van der Waals surface area contributed by atoms with Crippen LogP contribution in [-0.4, -0.2) is 78.0 Å². The number of aryl methyl sites for hydroxylation is 2. The lowest BCUT2D eigenvalue weighted by Gasteiger charge is -2.17. The molecule has 105 heavy (non-hydrogen) atoms. The molecule has 3 amide bonds. The lowest BCUT2D eigenvalue weighted by atomic mass is 10.1. The van der Waals surface area contributed by atoms with Crippen molar-refractivity contribution >= 4 is 81.7 Å². The molecule has 554 valence electrons. The Bertz CT molecular complexity index is 4980. The average molecular weight is 1550 g/mol. The molecule has 0 aliphatic heterocycles. The van der Waals surface area contributed by atoms with Crippen LogP contribution in [0, 0.1) is 31.3 Å². The van der Waals surface area contributed by atoms with Gasteiger partial charge in [-0.25, -0.2) is 22.6 Å². The molecular formula is C65H48Cl3F12N9O16. The van der Waals surface area contributed by atoms with E-state index in [-0.39, 0.29) is 57.8 Å². The maximum absolute atomic E-state index is 13.5. The van der Waals surface area contributed by atoms with Gasteiger partial charge in [-0.2, -0.15) is 64.2 Å². The van der Waals surface area contributed by atoms with E-state index < -0.39 is 168 Å². The molecule has 0 aliphatic rings. The van der Waals surface area contributed by atoms with Crippen LogP contribution in [0.4, 0.5) is 74.5 Å². The molecule has 4 N–H and O–H groups in total. The van der Waals surface area contributed by atoms with Gasteiger partial charge in [0.1, 0.15) is 52.9 Å². The number of methoxy groups -OCH3 is 1. The van der Waals surface area contributed by atoms with Crippen LogP contribution in [0.1, 0.15) is 72.7 Å². The molecular weight excluding hydrogens is 1500 g/mol. The Hall–Kier alpha value is -11.7. The predicted octanol–water partition coefficient (Wildman–Crippen LogP) is 14.5. The number of halogens is 15. The van der Waals surface area contributed by atoms with Gasteiger partial charge < -0.3 is 54.2 Å². The SMILES string of the molecule is CC(=O)OCn1ncc(NC(=O)c2cc(Cl)c(C(F)(F)F)cc2Oc2ccc(F)cc2C)cc1=O.CCOC(=O)OCn1ncc(NC(=O)c2cc(Cl)c(C(F)(F)F)cc2Oc2ccc(F)cc2C)cc1=O.COc1cc(F)ccc1Oc1cc(C(F)(F)F)c(Cl)cc1C(=O)Nc1cnn(CO)c(=O)c1. The van der Waals surface area contributed by atoms with Crippen molar-refractivity contribution in [3.05, 3.63) is 236 Å². The van der Waals surface area contributed by atoms with Crippen LogP contribution in [-0.2, 0) is 57.7 Å². The van der Waals surface area contributed by atoms with Crippen molar-refractivity contribution in [1.29, 1.82) is 0 Å². The number of aromatic nitrogens is 6. The Morgan fingerprint density at radius 2 is 0.790 bits per heavy atom. The number of nitrogens with zero attached hydrogens (tertiary/aromatic N) is 6. The van der Waals surface area contributed by atoms with Crippen LogP contribution in [0.25, 0.3) is 0 Å². The summed E-state index contributed by atoms with van der Waals surface area (Å²) in [4.78, 5) is 96.9. The molecule has 0 unspecified atom stereocenters. The summed E-state index contributed by atoms with van der Waals surface area (Å²) in [5, 5.41) is 24.7. The molecule has 40 heteroatoms. The van der Waals surface area contributed by atoms with Crippen LogP contribution in [0.3, 0.4) is 0 Å². The number of rotatable bonds is 19. The zero-order valence-electron chi connectivity index (χ0n) is 53.9. The monoisotopic (exact) mass is 1540 g/mol. The number of alkyl halides is 9. The van der Waals surface area contributed by atoms with Gasteiger partial charge in [0, 0.05) is 31.2 Å². The molecule has 6 aromatic carbocycles.